The highest BCUT2D eigenvalue weighted by Gasteiger charge is 2.28. The molecule has 0 aliphatic carbocycles. The summed E-state index contributed by atoms with van der Waals surface area (Å²) in [7, 11) is -3.46. The fraction of sp³-hybridized carbons (Fsp3) is 0.304. The summed E-state index contributed by atoms with van der Waals surface area (Å²) in [6.45, 7) is 5.36. The Morgan fingerprint density at radius 2 is 1.67 bits per heavy atom. The number of aryl methyl sites for hydroxylation is 1. The summed E-state index contributed by atoms with van der Waals surface area (Å²) in [6, 6.07) is 14.8. The van der Waals surface area contributed by atoms with Crippen molar-refractivity contribution in [3.8, 4) is 11.4 Å². The molecular weight excluding hydrogens is 398 g/mol. The van der Waals surface area contributed by atoms with Crippen LogP contribution in [0.5, 0.6) is 0 Å². The van der Waals surface area contributed by atoms with Crippen LogP contribution in [0, 0.1) is 12.8 Å². The van der Waals surface area contributed by atoms with Gasteiger partial charge in [0.15, 0.2) is 0 Å². The van der Waals surface area contributed by atoms with E-state index >= 15 is 0 Å². The average Bonchev–Trinajstić information content (AvgIpc) is 3.23. The number of benzene rings is 2. The standard InChI is InChI=1S/C23H25N3O3S/c1-17-3-5-19(6-4-17)7-12-22-24-23(25-29-22)20-8-10-21(11-9-20)30(27,28)26-15-13-18(2)14-16-26/h3-12,18H,13-16H2,1-2H3/b12-7+. The van der Waals surface area contributed by atoms with Crippen LogP contribution in [0.2, 0.25) is 0 Å². The minimum absolute atomic E-state index is 0.295. The van der Waals surface area contributed by atoms with Crippen LogP contribution in [0.3, 0.4) is 0 Å². The predicted octanol–water partition coefficient (Wildman–Crippen LogP) is 4.64. The molecule has 0 unspecified atom stereocenters. The lowest BCUT2D eigenvalue weighted by Gasteiger charge is -2.29. The van der Waals surface area contributed by atoms with Crippen LogP contribution in [0.1, 0.15) is 36.8 Å². The number of aromatic nitrogens is 2. The molecule has 156 valence electrons. The Kier molecular flexibility index (Phi) is 5.83. The van der Waals surface area contributed by atoms with Crippen molar-refractivity contribution in [1.29, 1.82) is 0 Å². The first-order valence-electron chi connectivity index (χ1n) is 10.1. The quantitative estimate of drug-likeness (QED) is 0.598. The van der Waals surface area contributed by atoms with Crippen molar-refractivity contribution >= 4 is 22.2 Å². The van der Waals surface area contributed by atoms with Gasteiger partial charge in [0.1, 0.15) is 0 Å². The molecule has 0 spiro atoms. The molecule has 0 N–H and O–H groups in total. The van der Waals surface area contributed by atoms with Crippen molar-refractivity contribution < 1.29 is 12.9 Å². The number of hydrogen-bond acceptors (Lipinski definition) is 5. The lowest BCUT2D eigenvalue weighted by Crippen LogP contribution is -2.37. The molecular formula is C23H25N3O3S. The van der Waals surface area contributed by atoms with E-state index in [0.717, 1.165) is 18.4 Å². The third-order valence-corrected chi connectivity index (χ3v) is 7.34. The van der Waals surface area contributed by atoms with Crippen molar-refractivity contribution in [1.82, 2.24) is 14.4 Å². The molecule has 0 bridgehead atoms. The highest BCUT2D eigenvalue weighted by molar-refractivity contribution is 7.89. The number of sulfonamides is 1. The van der Waals surface area contributed by atoms with E-state index < -0.39 is 10.0 Å². The van der Waals surface area contributed by atoms with E-state index in [4.69, 9.17) is 4.52 Å². The van der Waals surface area contributed by atoms with Crippen LogP contribution < -0.4 is 0 Å². The molecule has 0 atom stereocenters. The largest absolute Gasteiger partial charge is 0.334 e. The zero-order valence-electron chi connectivity index (χ0n) is 17.2. The predicted molar refractivity (Wildman–Crippen MR) is 117 cm³/mol. The van der Waals surface area contributed by atoms with E-state index in [1.807, 2.05) is 37.3 Å². The summed E-state index contributed by atoms with van der Waals surface area (Å²) >= 11 is 0. The van der Waals surface area contributed by atoms with Crippen molar-refractivity contribution in [3.05, 3.63) is 65.5 Å². The van der Waals surface area contributed by atoms with E-state index in [9.17, 15) is 8.42 Å². The Labute approximate surface area is 177 Å². The van der Waals surface area contributed by atoms with Gasteiger partial charge in [-0.1, -0.05) is 41.9 Å². The summed E-state index contributed by atoms with van der Waals surface area (Å²) in [6.07, 6.45) is 5.47. The third-order valence-electron chi connectivity index (χ3n) is 5.43. The van der Waals surface area contributed by atoms with Crippen molar-refractivity contribution in [2.75, 3.05) is 13.1 Å². The van der Waals surface area contributed by atoms with Gasteiger partial charge in [-0.3, -0.25) is 0 Å². The SMILES string of the molecule is Cc1ccc(/C=C/c2nc(-c3ccc(S(=O)(=O)N4CCC(C)CC4)cc3)no2)cc1. The van der Waals surface area contributed by atoms with Crippen LogP contribution in [-0.4, -0.2) is 36.0 Å². The minimum atomic E-state index is -3.46. The fourth-order valence-electron chi connectivity index (χ4n) is 3.42. The second-order valence-electron chi connectivity index (χ2n) is 7.81. The minimum Gasteiger partial charge on any atom is -0.334 e. The number of hydrogen-bond donors (Lipinski definition) is 0. The van der Waals surface area contributed by atoms with E-state index in [1.54, 1.807) is 34.6 Å². The maximum atomic E-state index is 12.9. The first-order valence-corrected chi connectivity index (χ1v) is 11.5. The number of nitrogens with zero attached hydrogens (tertiary/aromatic N) is 3. The zero-order valence-corrected chi connectivity index (χ0v) is 18.0. The van der Waals surface area contributed by atoms with Gasteiger partial charge >= 0.3 is 0 Å². The molecule has 2 aromatic carbocycles. The third kappa shape index (κ3) is 4.52. The van der Waals surface area contributed by atoms with Gasteiger partial charge in [0.05, 0.1) is 4.90 Å². The summed E-state index contributed by atoms with van der Waals surface area (Å²) in [5.41, 5.74) is 2.95. The van der Waals surface area contributed by atoms with Gasteiger partial charge in [-0.05, 0) is 61.6 Å². The topological polar surface area (TPSA) is 76.3 Å². The Morgan fingerprint density at radius 3 is 2.33 bits per heavy atom. The molecule has 6 nitrogen and oxygen atoms in total. The van der Waals surface area contributed by atoms with Crippen LogP contribution in [0.4, 0.5) is 0 Å². The molecule has 3 aromatic rings. The molecule has 2 heterocycles. The van der Waals surface area contributed by atoms with Crippen molar-refractivity contribution in [2.24, 2.45) is 5.92 Å². The lowest BCUT2D eigenvalue weighted by atomic mass is 10.0. The van der Waals surface area contributed by atoms with Gasteiger partial charge in [0.2, 0.25) is 15.8 Å². The van der Waals surface area contributed by atoms with E-state index in [-0.39, 0.29) is 0 Å². The number of piperidine rings is 1. The van der Waals surface area contributed by atoms with Gasteiger partial charge in [0, 0.05) is 24.7 Å². The van der Waals surface area contributed by atoms with E-state index in [2.05, 4.69) is 17.1 Å². The van der Waals surface area contributed by atoms with Crippen LogP contribution in [-0.2, 0) is 10.0 Å². The number of rotatable bonds is 5. The van der Waals surface area contributed by atoms with Crippen LogP contribution in [0.15, 0.2) is 57.9 Å². The molecule has 7 heteroatoms. The molecule has 0 radical (unpaired) electrons. The smallest absolute Gasteiger partial charge is 0.250 e. The van der Waals surface area contributed by atoms with Crippen LogP contribution >= 0.6 is 0 Å². The van der Waals surface area contributed by atoms with Crippen LogP contribution in [0.25, 0.3) is 23.5 Å². The molecule has 0 saturated carbocycles. The second kappa shape index (κ2) is 8.53. The molecule has 0 amide bonds. The highest BCUT2D eigenvalue weighted by Crippen LogP contribution is 2.25. The van der Waals surface area contributed by atoms with Crippen molar-refractivity contribution in [2.45, 2.75) is 31.6 Å². The fourth-order valence-corrected chi connectivity index (χ4v) is 4.89. The molecule has 1 aromatic heterocycles. The Balaban J connectivity index is 1.47. The monoisotopic (exact) mass is 423 g/mol. The molecule has 1 saturated heterocycles. The average molecular weight is 424 g/mol. The van der Waals surface area contributed by atoms with Gasteiger partial charge in [-0.25, -0.2) is 8.42 Å². The maximum Gasteiger partial charge on any atom is 0.250 e. The van der Waals surface area contributed by atoms with E-state index in [1.165, 1.54) is 5.56 Å². The highest BCUT2D eigenvalue weighted by atomic mass is 32.2. The zero-order chi connectivity index (χ0) is 21.1. The lowest BCUT2D eigenvalue weighted by molar-refractivity contribution is 0.288. The van der Waals surface area contributed by atoms with Gasteiger partial charge in [-0.15, -0.1) is 0 Å². The molecule has 30 heavy (non-hydrogen) atoms. The van der Waals surface area contributed by atoms with Gasteiger partial charge in [-0.2, -0.15) is 9.29 Å². The Bertz CT molecular complexity index is 1130. The molecule has 1 aliphatic heterocycles. The van der Waals surface area contributed by atoms with Crippen molar-refractivity contribution in [3.63, 3.8) is 0 Å². The van der Waals surface area contributed by atoms with Gasteiger partial charge in [0.25, 0.3) is 5.89 Å². The summed E-state index contributed by atoms with van der Waals surface area (Å²) < 4.78 is 32.6. The first kappa shape index (κ1) is 20.5. The summed E-state index contributed by atoms with van der Waals surface area (Å²) in [5, 5.41) is 4.01. The normalized spacial score (nSPS) is 16.3. The first-order chi connectivity index (χ1) is 14.4. The molecule has 4 rings (SSSR count). The molecule has 1 aliphatic rings. The summed E-state index contributed by atoms with van der Waals surface area (Å²) in [4.78, 5) is 4.67. The Morgan fingerprint density at radius 1 is 1.00 bits per heavy atom. The molecule has 1 fully saturated rings. The summed E-state index contributed by atoms with van der Waals surface area (Å²) in [5.74, 6) is 1.39. The maximum absolute atomic E-state index is 12.9. The van der Waals surface area contributed by atoms with E-state index in [0.29, 0.717) is 41.2 Å². The second-order valence-corrected chi connectivity index (χ2v) is 9.75. The Hall–Kier alpha value is -2.77. The van der Waals surface area contributed by atoms with Gasteiger partial charge < -0.3 is 4.52 Å².